The first-order chi connectivity index (χ1) is 13.4. The molecule has 2 fully saturated rings. The molecule has 1 aromatic heterocycles. The highest BCUT2D eigenvalue weighted by Crippen LogP contribution is 2.32. The predicted octanol–water partition coefficient (Wildman–Crippen LogP) is 4.33. The molecule has 28 heavy (non-hydrogen) atoms. The van der Waals surface area contributed by atoms with Crippen molar-refractivity contribution in [3.63, 3.8) is 0 Å². The summed E-state index contributed by atoms with van der Waals surface area (Å²) in [5.41, 5.74) is 3.17. The minimum absolute atomic E-state index is 0.129. The number of carbonyl (C=O) groups excluding carboxylic acids is 2. The standard InChI is InChI=1S/C23H37N3O2/c1-17(2)10-11-22(27)24-12-14-25(15-13-24)23(28)21-16-18(3)26(19(21)4)20-8-6-5-7-9-20/h16-17,20H,5-15H2,1-4H3. The molecule has 5 nitrogen and oxygen atoms in total. The van der Waals surface area contributed by atoms with Crippen molar-refractivity contribution in [2.24, 2.45) is 5.92 Å². The van der Waals surface area contributed by atoms with Gasteiger partial charge < -0.3 is 14.4 Å². The summed E-state index contributed by atoms with van der Waals surface area (Å²) in [6.07, 6.45) is 7.92. The second-order valence-electron chi connectivity index (χ2n) is 9.05. The summed E-state index contributed by atoms with van der Waals surface area (Å²) in [5, 5.41) is 0. The zero-order valence-corrected chi connectivity index (χ0v) is 18.2. The molecule has 0 atom stereocenters. The molecule has 1 saturated carbocycles. The van der Waals surface area contributed by atoms with Crippen LogP contribution in [0, 0.1) is 19.8 Å². The van der Waals surface area contributed by atoms with Crippen molar-refractivity contribution in [1.82, 2.24) is 14.4 Å². The van der Waals surface area contributed by atoms with Crippen LogP contribution >= 0.6 is 0 Å². The minimum atomic E-state index is 0.129. The molecular weight excluding hydrogens is 350 g/mol. The van der Waals surface area contributed by atoms with Crippen LogP contribution < -0.4 is 0 Å². The summed E-state index contributed by atoms with van der Waals surface area (Å²) in [4.78, 5) is 29.4. The van der Waals surface area contributed by atoms with Crippen molar-refractivity contribution in [2.45, 2.75) is 78.7 Å². The molecule has 0 aromatic carbocycles. The van der Waals surface area contributed by atoms with Gasteiger partial charge in [-0.1, -0.05) is 33.1 Å². The first kappa shape index (κ1) is 20.9. The van der Waals surface area contributed by atoms with E-state index in [-0.39, 0.29) is 11.8 Å². The zero-order chi connectivity index (χ0) is 20.3. The Labute approximate surface area is 170 Å². The van der Waals surface area contributed by atoms with Crippen LogP contribution in [-0.2, 0) is 4.79 Å². The third-order valence-corrected chi connectivity index (χ3v) is 6.51. The second kappa shape index (κ2) is 9.15. The molecule has 0 spiro atoms. The van der Waals surface area contributed by atoms with Crippen LogP contribution in [0.15, 0.2) is 6.07 Å². The summed E-state index contributed by atoms with van der Waals surface area (Å²) >= 11 is 0. The highest BCUT2D eigenvalue weighted by atomic mass is 16.2. The van der Waals surface area contributed by atoms with E-state index >= 15 is 0 Å². The van der Waals surface area contributed by atoms with Crippen LogP contribution in [-0.4, -0.2) is 52.4 Å². The summed E-state index contributed by atoms with van der Waals surface area (Å²) < 4.78 is 2.40. The molecule has 2 aliphatic rings. The Morgan fingerprint density at radius 3 is 2.21 bits per heavy atom. The van der Waals surface area contributed by atoms with E-state index < -0.39 is 0 Å². The van der Waals surface area contributed by atoms with Gasteiger partial charge in [0.15, 0.2) is 0 Å². The summed E-state index contributed by atoms with van der Waals surface area (Å²) in [7, 11) is 0. The Balaban J connectivity index is 1.62. The Bertz CT molecular complexity index is 693. The molecule has 1 saturated heterocycles. The molecule has 1 aliphatic heterocycles. The number of hydrogen-bond acceptors (Lipinski definition) is 2. The number of aryl methyl sites for hydroxylation is 1. The van der Waals surface area contributed by atoms with Crippen LogP contribution in [0.2, 0.25) is 0 Å². The average Bonchev–Trinajstić information content (AvgIpc) is 3.00. The van der Waals surface area contributed by atoms with Gasteiger partial charge in [-0.15, -0.1) is 0 Å². The SMILES string of the molecule is Cc1cc(C(=O)N2CCN(C(=O)CCC(C)C)CC2)c(C)n1C1CCCCC1. The fourth-order valence-corrected chi connectivity index (χ4v) is 4.79. The molecule has 3 rings (SSSR count). The molecule has 0 N–H and O–H groups in total. The molecule has 0 radical (unpaired) electrons. The summed E-state index contributed by atoms with van der Waals surface area (Å²) in [5.74, 6) is 0.909. The zero-order valence-electron chi connectivity index (χ0n) is 18.2. The first-order valence-corrected chi connectivity index (χ1v) is 11.1. The van der Waals surface area contributed by atoms with Crippen molar-refractivity contribution in [3.05, 3.63) is 23.0 Å². The molecule has 0 bridgehead atoms. The van der Waals surface area contributed by atoms with E-state index in [0.717, 1.165) is 17.7 Å². The molecule has 1 aliphatic carbocycles. The highest BCUT2D eigenvalue weighted by molar-refractivity contribution is 5.96. The largest absolute Gasteiger partial charge is 0.345 e. The second-order valence-corrected chi connectivity index (χ2v) is 9.05. The fraction of sp³-hybridized carbons (Fsp3) is 0.739. The van der Waals surface area contributed by atoms with Crippen LogP contribution in [0.25, 0.3) is 0 Å². The lowest BCUT2D eigenvalue weighted by molar-refractivity contribution is -0.132. The van der Waals surface area contributed by atoms with Gasteiger partial charge in [0, 0.05) is 50.0 Å². The predicted molar refractivity (Wildman–Crippen MR) is 113 cm³/mol. The number of aromatic nitrogens is 1. The van der Waals surface area contributed by atoms with Gasteiger partial charge >= 0.3 is 0 Å². The van der Waals surface area contributed by atoms with Crippen molar-refractivity contribution >= 4 is 11.8 Å². The lowest BCUT2D eigenvalue weighted by Crippen LogP contribution is -2.50. The molecule has 2 heterocycles. The normalized spacial score (nSPS) is 18.8. The number of amides is 2. The molecular formula is C23H37N3O2. The van der Waals surface area contributed by atoms with E-state index in [4.69, 9.17) is 0 Å². The van der Waals surface area contributed by atoms with Gasteiger partial charge in [-0.25, -0.2) is 0 Å². The van der Waals surface area contributed by atoms with Crippen LogP contribution in [0.3, 0.4) is 0 Å². The van der Waals surface area contributed by atoms with Gasteiger partial charge in [0.25, 0.3) is 5.91 Å². The molecule has 1 aromatic rings. The van der Waals surface area contributed by atoms with E-state index in [9.17, 15) is 9.59 Å². The highest BCUT2D eigenvalue weighted by Gasteiger charge is 2.28. The van der Waals surface area contributed by atoms with Crippen LogP contribution in [0.5, 0.6) is 0 Å². The van der Waals surface area contributed by atoms with E-state index in [0.29, 0.717) is 44.6 Å². The quantitative estimate of drug-likeness (QED) is 0.755. The van der Waals surface area contributed by atoms with Crippen molar-refractivity contribution < 1.29 is 9.59 Å². The topological polar surface area (TPSA) is 45.6 Å². The molecule has 156 valence electrons. The Morgan fingerprint density at radius 2 is 1.61 bits per heavy atom. The number of carbonyl (C=O) groups is 2. The lowest BCUT2D eigenvalue weighted by Gasteiger charge is -2.35. The van der Waals surface area contributed by atoms with Crippen molar-refractivity contribution in [2.75, 3.05) is 26.2 Å². The van der Waals surface area contributed by atoms with Crippen LogP contribution in [0.1, 0.15) is 86.6 Å². The van der Waals surface area contributed by atoms with Crippen LogP contribution in [0.4, 0.5) is 0 Å². The third kappa shape index (κ3) is 4.61. The molecule has 5 heteroatoms. The Hall–Kier alpha value is -1.78. The lowest BCUT2D eigenvalue weighted by atomic mass is 9.95. The van der Waals surface area contributed by atoms with Crippen molar-refractivity contribution in [1.29, 1.82) is 0 Å². The summed E-state index contributed by atoms with van der Waals surface area (Å²) in [6.45, 7) is 11.1. The number of nitrogens with zero attached hydrogens (tertiary/aromatic N) is 3. The number of hydrogen-bond donors (Lipinski definition) is 0. The van der Waals surface area contributed by atoms with E-state index in [2.05, 4.69) is 38.3 Å². The first-order valence-electron chi connectivity index (χ1n) is 11.1. The van der Waals surface area contributed by atoms with E-state index in [1.807, 2.05) is 9.80 Å². The monoisotopic (exact) mass is 387 g/mol. The fourth-order valence-electron chi connectivity index (χ4n) is 4.79. The van der Waals surface area contributed by atoms with Gasteiger partial charge in [0.1, 0.15) is 0 Å². The van der Waals surface area contributed by atoms with Gasteiger partial charge in [0.05, 0.1) is 5.56 Å². The van der Waals surface area contributed by atoms with E-state index in [1.165, 1.54) is 37.8 Å². The van der Waals surface area contributed by atoms with Gasteiger partial charge in [-0.05, 0) is 45.1 Å². The van der Waals surface area contributed by atoms with Crippen molar-refractivity contribution in [3.8, 4) is 0 Å². The summed E-state index contributed by atoms with van der Waals surface area (Å²) in [6, 6.07) is 2.62. The number of rotatable bonds is 5. The van der Waals surface area contributed by atoms with E-state index in [1.54, 1.807) is 0 Å². The maximum Gasteiger partial charge on any atom is 0.255 e. The minimum Gasteiger partial charge on any atom is -0.345 e. The maximum atomic E-state index is 13.2. The Kier molecular flexibility index (Phi) is 6.84. The average molecular weight is 388 g/mol. The maximum absolute atomic E-state index is 13.2. The van der Waals surface area contributed by atoms with Gasteiger partial charge in [-0.3, -0.25) is 9.59 Å². The smallest absolute Gasteiger partial charge is 0.255 e. The molecule has 0 unspecified atom stereocenters. The third-order valence-electron chi connectivity index (χ3n) is 6.51. The molecule has 2 amide bonds. The number of piperazine rings is 1. The Morgan fingerprint density at radius 1 is 1.00 bits per heavy atom. The van der Waals surface area contributed by atoms with Gasteiger partial charge in [0.2, 0.25) is 5.91 Å². The van der Waals surface area contributed by atoms with Gasteiger partial charge in [-0.2, -0.15) is 0 Å².